The Balaban J connectivity index is 2.13. The third kappa shape index (κ3) is 2.97. The third-order valence-corrected chi connectivity index (χ3v) is 2.53. The fraction of sp³-hybridized carbons (Fsp3) is 0. The number of allylic oxidation sites excluding steroid dienone is 2. The summed E-state index contributed by atoms with van der Waals surface area (Å²) in [6.45, 7) is 0. The summed E-state index contributed by atoms with van der Waals surface area (Å²) in [7, 11) is 0. The lowest BCUT2D eigenvalue weighted by atomic mass is 10.1. The number of rotatable bonds is 2. The largest absolute Gasteiger partial charge is 0.328 e. The van der Waals surface area contributed by atoms with Gasteiger partial charge >= 0.3 is 6.03 Å². The van der Waals surface area contributed by atoms with Crippen LogP contribution in [0.1, 0.15) is 11.1 Å². The lowest BCUT2D eigenvalue weighted by Gasteiger charge is -2.12. The van der Waals surface area contributed by atoms with Crippen molar-refractivity contribution in [2.24, 2.45) is 0 Å². The average molecular weight is 267 g/mol. The van der Waals surface area contributed by atoms with Gasteiger partial charge in [0, 0.05) is 0 Å². The predicted molar refractivity (Wildman–Crippen MR) is 70.0 cm³/mol. The minimum atomic E-state index is -0.826. The van der Waals surface area contributed by atoms with Gasteiger partial charge in [-0.15, -0.1) is 0 Å². The van der Waals surface area contributed by atoms with Gasteiger partial charge < -0.3 is 0 Å². The van der Waals surface area contributed by atoms with Crippen LogP contribution in [0.4, 0.5) is 4.79 Å². The summed E-state index contributed by atoms with van der Waals surface area (Å²) >= 11 is 0. The lowest BCUT2D eigenvalue weighted by Crippen LogP contribution is -2.51. The van der Waals surface area contributed by atoms with Crippen LogP contribution in [0.2, 0.25) is 0 Å². The zero-order valence-corrected chi connectivity index (χ0v) is 10.2. The van der Waals surface area contributed by atoms with E-state index in [1.54, 1.807) is 30.3 Å². The monoisotopic (exact) mass is 267 g/mol. The fourth-order valence-electron chi connectivity index (χ4n) is 1.55. The molecule has 0 bridgehead atoms. The Bertz CT molecular complexity index is 657. The van der Waals surface area contributed by atoms with E-state index in [1.165, 1.54) is 12.2 Å². The van der Waals surface area contributed by atoms with E-state index in [4.69, 9.17) is 5.26 Å². The van der Waals surface area contributed by atoms with E-state index in [-0.39, 0.29) is 5.57 Å². The Hall–Kier alpha value is -3.20. The van der Waals surface area contributed by atoms with E-state index in [2.05, 4.69) is 0 Å². The molecule has 1 aliphatic heterocycles. The molecule has 98 valence electrons. The highest BCUT2D eigenvalue weighted by Gasteiger charge is 2.26. The highest BCUT2D eigenvalue weighted by atomic mass is 16.2. The van der Waals surface area contributed by atoms with Crippen molar-refractivity contribution >= 4 is 23.9 Å². The molecule has 1 fully saturated rings. The van der Waals surface area contributed by atoms with Crippen LogP contribution in [0, 0.1) is 11.3 Å². The average Bonchev–Trinajstić information content (AvgIpc) is 2.42. The number of hydrogen-bond acceptors (Lipinski definition) is 4. The molecule has 0 spiro atoms. The molecule has 0 radical (unpaired) electrons. The minimum absolute atomic E-state index is 0.144. The number of imide groups is 2. The molecule has 1 heterocycles. The molecule has 0 atom stereocenters. The smallest absolute Gasteiger partial charge is 0.273 e. The van der Waals surface area contributed by atoms with E-state index >= 15 is 0 Å². The van der Waals surface area contributed by atoms with Gasteiger partial charge in [0.15, 0.2) is 0 Å². The van der Waals surface area contributed by atoms with Crippen molar-refractivity contribution in [2.45, 2.75) is 0 Å². The van der Waals surface area contributed by atoms with Crippen LogP contribution < -0.4 is 10.6 Å². The highest BCUT2D eigenvalue weighted by molar-refractivity contribution is 6.29. The second-order valence-corrected chi connectivity index (χ2v) is 3.91. The van der Waals surface area contributed by atoms with Gasteiger partial charge in [0.1, 0.15) is 5.57 Å². The Labute approximate surface area is 114 Å². The van der Waals surface area contributed by atoms with Gasteiger partial charge in [-0.2, -0.15) is 5.26 Å². The minimum Gasteiger partial charge on any atom is -0.273 e. The summed E-state index contributed by atoms with van der Waals surface area (Å²) in [6.07, 6.45) is 4.51. The first kappa shape index (κ1) is 13.2. The molecular formula is C14H9N3O3. The number of hydrogen-bond donors (Lipinski definition) is 2. The van der Waals surface area contributed by atoms with Crippen LogP contribution >= 0.6 is 0 Å². The Morgan fingerprint density at radius 2 is 1.60 bits per heavy atom. The molecule has 0 unspecified atom stereocenters. The molecule has 6 heteroatoms. The van der Waals surface area contributed by atoms with Crippen molar-refractivity contribution in [3.8, 4) is 6.07 Å². The first-order chi connectivity index (χ1) is 9.60. The Morgan fingerprint density at radius 1 is 1.00 bits per heavy atom. The fourth-order valence-corrected chi connectivity index (χ4v) is 1.55. The van der Waals surface area contributed by atoms with Gasteiger partial charge in [-0.25, -0.2) is 4.79 Å². The number of barbiturate groups is 1. The summed E-state index contributed by atoms with van der Waals surface area (Å²) < 4.78 is 0. The number of nitrogens with one attached hydrogen (secondary N) is 2. The lowest BCUT2D eigenvalue weighted by molar-refractivity contribution is -0.124. The first-order valence-corrected chi connectivity index (χ1v) is 5.65. The molecule has 2 N–H and O–H groups in total. The highest BCUT2D eigenvalue weighted by Crippen LogP contribution is 2.07. The van der Waals surface area contributed by atoms with E-state index in [0.717, 1.165) is 5.56 Å². The molecule has 20 heavy (non-hydrogen) atoms. The zero-order valence-electron chi connectivity index (χ0n) is 10.2. The van der Waals surface area contributed by atoms with Gasteiger partial charge in [0.2, 0.25) is 0 Å². The quantitative estimate of drug-likeness (QED) is 0.613. The van der Waals surface area contributed by atoms with E-state index in [1.807, 2.05) is 16.7 Å². The SMILES string of the molecule is N#Cc1ccc(/C=C/C=C2C(=O)NC(=O)NC2=O)cc1. The predicted octanol–water partition coefficient (Wildman–Crippen LogP) is 0.864. The van der Waals surface area contributed by atoms with Crippen molar-refractivity contribution in [2.75, 3.05) is 0 Å². The number of carbonyl (C=O) groups excluding carboxylic acids is 3. The van der Waals surface area contributed by atoms with Crippen LogP contribution in [0.3, 0.4) is 0 Å². The normalized spacial score (nSPS) is 14.8. The molecule has 0 aliphatic carbocycles. The summed E-state index contributed by atoms with van der Waals surface area (Å²) in [5, 5.41) is 12.6. The van der Waals surface area contributed by atoms with Crippen molar-refractivity contribution in [3.05, 3.63) is 53.1 Å². The second kappa shape index (κ2) is 5.63. The molecule has 2 rings (SSSR count). The molecule has 1 saturated heterocycles. The number of nitriles is 1. The number of carbonyl (C=O) groups is 3. The summed E-state index contributed by atoms with van der Waals surface area (Å²) in [5.74, 6) is -1.47. The number of nitrogens with zero attached hydrogens (tertiary/aromatic N) is 1. The summed E-state index contributed by atoms with van der Waals surface area (Å²) in [6, 6.07) is 7.96. The number of urea groups is 1. The Morgan fingerprint density at radius 3 is 2.15 bits per heavy atom. The van der Waals surface area contributed by atoms with Gasteiger partial charge in [-0.05, 0) is 23.8 Å². The van der Waals surface area contributed by atoms with Gasteiger partial charge in [-0.3, -0.25) is 20.2 Å². The Kier molecular flexibility index (Phi) is 3.72. The van der Waals surface area contributed by atoms with Crippen molar-refractivity contribution in [1.29, 1.82) is 5.26 Å². The maximum Gasteiger partial charge on any atom is 0.328 e. The van der Waals surface area contributed by atoms with E-state index in [9.17, 15) is 14.4 Å². The molecule has 6 nitrogen and oxygen atoms in total. The van der Waals surface area contributed by atoms with Crippen molar-refractivity contribution < 1.29 is 14.4 Å². The second-order valence-electron chi connectivity index (χ2n) is 3.91. The third-order valence-electron chi connectivity index (χ3n) is 2.53. The topological polar surface area (TPSA) is 99.1 Å². The summed E-state index contributed by atoms with van der Waals surface area (Å²) in [5.41, 5.74) is 1.22. The molecule has 4 amide bonds. The van der Waals surface area contributed by atoms with Crippen molar-refractivity contribution in [1.82, 2.24) is 10.6 Å². The van der Waals surface area contributed by atoms with Crippen LogP contribution in [-0.4, -0.2) is 17.8 Å². The molecule has 1 aromatic carbocycles. The summed E-state index contributed by atoms with van der Waals surface area (Å²) in [4.78, 5) is 33.7. The van der Waals surface area contributed by atoms with Crippen LogP contribution in [-0.2, 0) is 9.59 Å². The first-order valence-electron chi connectivity index (χ1n) is 5.65. The molecule has 0 aromatic heterocycles. The molecular weight excluding hydrogens is 258 g/mol. The van der Waals surface area contributed by atoms with Crippen LogP contribution in [0.15, 0.2) is 42.0 Å². The maximum atomic E-state index is 11.4. The van der Waals surface area contributed by atoms with Crippen molar-refractivity contribution in [3.63, 3.8) is 0 Å². The van der Waals surface area contributed by atoms with E-state index in [0.29, 0.717) is 5.56 Å². The molecule has 1 aromatic rings. The van der Waals surface area contributed by atoms with E-state index < -0.39 is 17.8 Å². The molecule has 0 saturated carbocycles. The van der Waals surface area contributed by atoms with Gasteiger partial charge in [-0.1, -0.05) is 24.3 Å². The number of benzene rings is 1. The van der Waals surface area contributed by atoms with Crippen LogP contribution in [0.25, 0.3) is 6.08 Å². The van der Waals surface area contributed by atoms with Crippen LogP contribution in [0.5, 0.6) is 0 Å². The van der Waals surface area contributed by atoms with Gasteiger partial charge in [0.05, 0.1) is 11.6 Å². The number of amides is 4. The standard InChI is InChI=1S/C14H9N3O3/c15-8-10-6-4-9(5-7-10)2-1-3-11-12(18)16-14(20)17-13(11)19/h1-7H,(H2,16,17,18,19,20)/b2-1+. The van der Waals surface area contributed by atoms with Gasteiger partial charge in [0.25, 0.3) is 11.8 Å². The zero-order chi connectivity index (χ0) is 14.5. The molecule has 1 aliphatic rings. The maximum absolute atomic E-state index is 11.4.